The molecule has 96 valence electrons. The van der Waals surface area contributed by atoms with E-state index in [2.05, 4.69) is 21.5 Å². The molecule has 1 unspecified atom stereocenters. The molecule has 1 aliphatic heterocycles. The smallest absolute Gasteiger partial charge is 0.201 e. The van der Waals surface area contributed by atoms with Crippen LogP contribution in [0.2, 0.25) is 5.02 Å². The lowest BCUT2D eigenvalue weighted by Gasteiger charge is -2.13. The molecule has 0 saturated carbocycles. The molecule has 5 heteroatoms. The molecule has 0 bridgehead atoms. The van der Waals surface area contributed by atoms with Crippen LogP contribution >= 0.6 is 11.6 Å². The van der Waals surface area contributed by atoms with E-state index in [1.54, 1.807) is 0 Å². The van der Waals surface area contributed by atoms with Gasteiger partial charge in [-0.05, 0) is 44.1 Å². The van der Waals surface area contributed by atoms with E-state index in [9.17, 15) is 0 Å². The Morgan fingerprint density at radius 3 is 3.06 bits per heavy atom. The third kappa shape index (κ3) is 2.06. The van der Waals surface area contributed by atoms with Crippen molar-refractivity contribution in [3.63, 3.8) is 0 Å². The fourth-order valence-electron chi connectivity index (χ4n) is 2.75. The Morgan fingerprint density at radius 2 is 2.33 bits per heavy atom. The molecule has 0 aliphatic carbocycles. The van der Waals surface area contributed by atoms with Crippen LogP contribution in [0.3, 0.4) is 0 Å². The maximum absolute atomic E-state index is 6.01. The maximum atomic E-state index is 6.01. The summed E-state index contributed by atoms with van der Waals surface area (Å²) >= 11 is 5.97. The Morgan fingerprint density at radius 1 is 1.50 bits per heavy atom. The second-order valence-electron chi connectivity index (χ2n) is 5.13. The van der Waals surface area contributed by atoms with E-state index in [-0.39, 0.29) is 0 Å². The zero-order chi connectivity index (χ0) is 12.7. The quantitative estimate of drug-likeness (QED) is 0.905. The predicted molar refractivity (Wildman–Crippen MR) is 74.8 cm³/mol. The summed E-state index contributed by atoms with van der Waals surface area (Å²) in [6.07, 6.45) is 1.23. The number of aromatic nitrogens is 2. The van der Waals surface area contributed by atoms with Gasteiger partial charge in [0.05, 0.1) is 11.0 Å². The van der Waals surface area contributed by atoms with Crippen molar-refractivity contribution in [1.29, 1.82) is 0 Å². The lowest BCUT2D eigenvalue weighted by atomic mass is 10.1. The molecule has 4 nitrogen and oxygen atoms in total. The highest BCUT2D eigenvalue weighted by atomic mass is 35.5. The van der Waals surface area contributed by atoms with Gasteiger partial charge < -0.3 is 15.2 Å². The number of nitrogens with two attached hydrogens (primary N) is 1. The number of fused-ring (bicyclic) bond motifs is 1. The maximum Gasteiger partial charge on any atom is 0.201 e. The third-order valence-corrected chi connectivity index (χ3v) is 3.90. The number of hydrogen-bond donors (Lipinski definition) is 1. The number of likely N-dealkylation sites (tertiary alicyclic amines) is 1. The van der Waals surface area contributed by atoms with Crippen molar-refractivity contribution in [1.82, 2.24) is 14.5 Å². The van der Waals surface area contributed by atoms with Crippen LogP contribution in [-0.2, 0) is 6.54 Å². The molecule has 0 amide bonds. The fraction of sp³-hybridized carbons (Fsp3) is 0.462. The summed E-state index contributed by atoms with van der Waals surface area (Å²) in [6.45, 7) is 3.24. The van der Waals surface area contributed by atoms with Crippen molar-refractivity contribution < 1.29 is 0 Å². The number of benzene rings is 1. The van der Waals surface area contributed by atoms with Crippen LogP contribution in [0.4, 0.5) is 5.95 Å². The first kappa shape index (κ1) is 11.8. The normalized spacial score (nSPS) is 20.9. The lowest BCUT2D eigenvalue weighted by molar-refractivity contribution is 0.380. The molecule has 3 rings (SSSR count). The van der Waals surface area contributed by atoms with Crippen LogP contribution in [-0.4, -0.2) is 34.6 Å². The standard InChI is InChI=1S/C13H17ClN4/c1-17-5-4-9(7-17)8-18-12-3-2-10(14)6-11(12)16-13(18)15/h2-3,6,9H,4-5,7-8H2,1H3,(H2,15,16). The number of anilines is 1. The summed E-state index contributed by atoms with van der Waals surface area (Å²) in [5.74, 6) is 1.24. The van der Waals surface area contributed by atoms with Crippen molar-refractivity contribution in [2.24, 2.45) is 5.92 Å². The van der Waals surface area contributed by atoms with Crippen molar-refractivity contribution in [3.05, 3.63) is 23.2 Å². The number of hydrogen-bond acceptors (Lipinski definition) is 3. The molecule has 1 fully saturated rings. The van der Waals surface area contributed by atoms with Crippen LogP contribution in [0.1, 0.15) is 6.42 Å². The Bertz CT molecular complexity index is 578. The molecule has 1 aromatic heterocycles. The summed E-state index contributed by atoms with van der Waals surface area (Å²) < 4.78 is 2.11. The van der Waals surface area contributed by atoms with E-state index in [1.807, 2.05) is 18.2 Å². The fourth-order valence-corrected chi connectivity index (χ4v) is 2.91. The minimum Gasteiger partial charge on any atom is -0.369 e. The molecular formula is C13H17ClN4. The van der Waals surface area contributed by atoms with Gasteiger partial charge in [-0.25, -0.2) is 4.98 Å². The van der Waals surface area contributed by atoms with Gasteiger partial charge in [-0.15, -0.1) is 0 Å². The largest absolute Gasteiger partial charge is 0.369 e. The molecule has 18 heavy (non-hydrogen) atoms. The second kappa shape index (κ2) is 4.44. The van der Waals surface area contributed by atoms with Gasteiger partial charge in [-0.1, -0.05) is 11.6 Å². The molecule has 2 aromatic rings. The van der Waals surface area contributed by atoms with Crippen LogP contribution in [0.5, 0.6) is 0 Å². The van der Waals surface area contributed by atoms with Gasteiger partial charge >= 0.3 is 0 Å². The summed E-state index contributed by atoms with van der Waals surface area (Å²) in [5.41, 5.74) is 7.97. The SMILES string of the molecule is CN1CCC(Cn2c(N)nc3cc(Cl)ccc32)C1. The van der Waals surface area contributed by atoms with E-state index >= 15 is 0 Å². The summed E-state index contributed by atoms with van der Waals surface area (Å²) in [4.78, 5) is 6.74. The minimum absolute atomic E-state index is 0.585. The average Bonchev–Trinajstić information content (AvgIpc) is 2.84. The average molecular weight is 265 g/mol. The number of nitrogen functional groups attached to an aromatic ring is 1. The van der Waals surface area contributed by atoms with Gasteiger partial charge in [0.1, 0.15) is 0 Å². The van der Waals surface area contributed by atoms with Crippen LogP contribution in [0.15, 0.2) is 18.2 Å². The molecule has 1 saturated heterocycles. The van der Waals surface area contributed by atoms with Crippen LogP contribution < -0.4 is 5.73 Å². The first-order valence-electron chi connectivity index (χ1n) is 6.23. The van der Waals surface area contributed by atoms with Crippen molar-refractivity contribution in [2.75, 3.05) is 25.9 Å². The highest BCUT2D eigenvalue weighted by molar-refractivity contribution is 6.31. The van der Waals surface area contributed by atoms with Gasteiger partial charge in [0.2, 0.25) is 5.95 Å². The van der Waals surface area contributed by atoms with Crippen molar-refractivity contribution >= 4 is 28.6 Å². The molecule has 2 N–H and O–H groups in total. The molecule has 1 aliphatic rings. The van der Waals surface area contributed by atoms with Gasteiger partial charge in [0.15, 0.2) is 0 Å². The highest BCUT2D eigenvalue weighted by Gasteiger charge is 2.21. The van der Waals surface area contributed by atoms with E-state index in [0.29, 0.717) is 16.9 Å². The number of nitrogens with zero attached hydrogens (tertiary/aromatic N) is 3. The number of halogens is 1. The van der Waals surface area contributed by atoms with Gasteiger partial charge in [-0.2, -0.15) is 0 Å². The molecule has 1 atom stereocenters. The summed E-state index contributed by atoms with van der Waals surface area (Å²) in [5, 5.41) is 0.702. The Kier molecular flexibility index (Phi) is 2.92. The number of rotatable bonds is 2. The first-order chi connectivity index (χ1) is 8.63. The third-order valence-electron chi connectivity index (χ3n) is 3.67. The Balaban J connectivity index is 1.93. The van der Waals surface area contributed by atoms with E-state index in [1.165, 1.54) is 13.0 Å². The highest BCUT2D eigenvalue weighted by Crippen LogP contribution is 2.25. The summed E-state index contributed by atoms with van der Waals surface area (Å²) in [6, 6.07) is 5.76. The van der Waals surface area contributed by atoms with Crippen LogP contribution in [0.25, 0.3) is 11.0 Å². The zero-order valence-corrected chi connectivity index (χ0v) is 11.2. The van der Waals surface area contributed by atoms with E-state index < -0.39 is 0 Å². The second-order valence-corrected chi connectivity index (χ2v) is 5.57. The predicted octanol–water partition coefficient (Wildman–Crippen LogP) is 2.22. The van der Waals surface area contributed by atoms with Crippen molar-refractivity contribution in [3.8, 4) is 0 Å². The van der Waals surface area contributed by atoms with E-state index in [4.69, 9.17) is 17.3 Å². The summed E-state index contributed by atoms with van der Waals surface area (Å²) in [7, 11) is 2.16. The van der Waals surface area contributed by atoms with E-state index in [0.717, 1.165) is 24.1 Å². The minimum atomic E-state index is 0.585. The van der Waals surface area contributed by atoms with Gasteiger partial charge in [-0.3, -0.25) is 0 Å². The van der Waals surface area contributed by atoms with Gasteiger partial charge in [0, 0.05) is 18.1 Å². The zero-order valence-electron chi connectivity index (χ0n) is 10.4. The first-order valence-corrected chi connectivity index (χ1v) is 6.61. The van der Waals surface area contributed by atoms with Gasteiger partial charge in [0.25, 0.3) is 0 Å². The molecule has 0 spiro atoms. The molecular weight excluding hydrogens is 248 g/mol. The van der Waals surface area contributed by atoms with Crippen molar-refractivity contribution in [2.45, 2.75) is 13.0 Å². The molecule has 2 heterocycles. The Labute approximate surface area is 111 Å². The van der Waals surface area contributed by atoms with Crippen LogP contribution in [0, 0.1) is 5.92 Å². The Hall–Kier alpha value is -1.26. The number of imidazole rings is 1. The topological polar surface area (TPSA) is 47.1 Å². The lowest BCUT2D eigenvalue weighted by Crippen LogP contribution is -2.17. The molecule has 0 radical (unpaired) electrons. The molecule has 1 aromatic carbocycles. The monoisotopic (exact) mass is 264 g/mol.